The number of hydrogen-bond donors (Lipinski definition) is 1. The summed E-state index contributed by atoms with van der Waals surface area (Å²) in [7, 11) is -2.01. The molecule has 0 radical (unpaired) electrons. The summed E-state index contributed by atoms with van der Waals surface area (Å²) in [4.78, 5) is 18.8. The number of nitrogens with zero attached hydrogens (tertiary/aromatic N) is 1. The van der Waals surface area contributed by atoms with Gasteiger partial charge in [0.25, 0.3) is 13.9 Å². The van der Waals surface area contributed by atoms with Crippen LogP contribution < -0.4 is 9.99 Å². The third kappa shape index (κ3) is 2.82. The maximum Gasteiger partial charge on any atom is 0.258 e. The molecule has 2 aromatic rings. The molecule has 1 heterocycles. The van der Waals surface area contributed by atoms with Crippen LogP contribution in [-0.4, -0.2) is 18.3 Å². The van der Waals surface area contributed by atoms with Crippen LogP contribution in [0.3, 0.4) is 0 Å². The molecule has 5 heteroatoms. The first-order valence-electron chi connectivity index (χ1n) is 7.95. The van der Waals surface area contributed by atoms with E-state index in [2.05, 4.69) is 51.5 Å². The summed E-state index contributed by atoms with van der Waals surface area (Å²) < 4.78 is 6.61. The molecular weight excluding hydrogens is 292 g/mol. The third-order valence-electron chi connectivity index (χ3n) is 4.61. The zero-order chi connectivity index (χ0) is 16.5. The highest BCUT2D eigenvalue weighted by Gasteiger charge is 2.46. The van der Waals surface area contributed by atoms with Crippen LogP contribution >= 0.6 is 0 Å². The molecule has 4 nitrogen and oxygen atoms in total. The van der Waals surface area contributed by atoms with Crippen molar-refractivity contribution in [1.82, 2.24) is 9.97 Å². The van der Waals surface area contributed by atoms with Crippen LogP contribution in [-0.2, 0) is 0 Å². The van der Waals surface area contributed by atoms with E-state index in [1.54, 1.807) is 0 Å². The maximum atomic E-state index is 12.0. The molecule has 0 unspecified atom stereocenters. The van der Waals surface area contributed by atoms with Gasteiger partial charge in [-0.05, 0) is 34.8 Å². The SMILES string of the molecule is CC(C)[Si](Oc1ccc2nc[nH]c(=O)c2c1)(C(C)C)C(C)C. The summed E-state index contributed by atoms with van der Waals surface area (Å²) in [6.45, 7) is 13.5. The minimum Gasteiger partial charge on any atom is -0.543 e. The zero-order valence-corrected chi connectivity index (χ0v) is 15.3. The molecule has 0 atom stereocenters. The van der Waals surface area contributed by atoms with Crippen molar-refractivity contribution in [3.05, 3.63) is 34.9 Å². The second-order valence-electron chi connectivity index (χ2n) is 6.83. The molecule has 0 saturated heterocycles. The number of aromatic amines is 1. The van der Waals surface area contributed by atoms with Crippen LogP contribution in [0.25, 0.3) is 10.9 Å². The van der Waals surface area contributed by atoms with Gasteiger partial charge >= 0.3 is 0 Å². The molecule has 22 heavy (non-hydrogen) atoms. The Morgan fingerprint density at radius 2 is 1.64 bits per heavy atom. The van der Waals surface area contributed by atoms with Gasteiger partial charge in [0.05, 0.1) is 17.2 Å². The average Bonchev–Trinajstić information content (AvgIpc) is 2.44. The quantitative estimate of drug-likeness (QED) is 0.827. The predicted octanol–water partition coefficient (Wildman–Crippen LogP) is 4.48. The van der Waals surface area contributed by atoms with Gasteiger partial charge in [-0.15, -0.1) is 0 Å². The van der Waals surface area contributed by atoms with Crippen LogP contribution in [0.1, 0.15) is 41.5 Å². The summed E-state index contributed by atoms with van der Waals surface area (Å²) in [5.41, 5.74) is 2.06. The summed E-state index contributed by atoms with van der Waals surface area (Å²) in [5.74, 6) is 0.786. The van der Waals surface area contributed by atoms with Crippen molar-refractivity contribution >= 4 is 19.2 Å². The molecule has 1 aromatic carbocycles. The van der Waals surface area contributed by atoms with Gasteiger partial charge in [0, 0.05) is 0 Å². The Bertz CT molecular complexity index is 685. The van der Waals surface area contributed by atoms with E-state index in [1.807, 2.05) is 18.2 Å². The molecule has 0 saturated carbocycles. The van der Waals surface area contributed by atoms with E-state index in [-0.39, 0.29) is 5.56 Å². The van der Waals surface area contributed by atoms with Crippen LogP contribution in [0.2, 0.25) is 16.6 Å². The van der Waals surface area contributed by atoms with Crippen molar-refractivity contribution in [3.8, 4) is 5.75 Å². The molecule has 1 N–H and O–H groups in total. The summed E-state index contributed by atoms with van der Waals surface area (Å²) in [6.07, 6.45) is 1.43. The number of H-pyrrole nitrogens is 1. The molecule has 120 valence electrons. The van der Waals surface area contributed by atoms with Gasteiger partial charge in [-0.1, -0.05) is 41.5 Å². The minimum absolute atomic E-state index is 0.124. The lowest BCUT2D eigenvalue weighted by Crippen LogP contribution is -2.50. The summed E-state index contributed by atoms with van der Waals surface area (Å²) in [5, 5.41) is 0.583. The maximum absolute atomic E-state index is 12.0. The van der Waals surface area contributed by atoms with Crippen LogP contribution in [0, 0.1) is 0 Å². The van der Waals surface area contributed by atoms with Gasteiger partial charge < -0.3 is 9.41 Å². The van der Waals surface area contributed by atoms with Gasteiger partial charge in [0.2, 0.25) is 0 Å². The number of hydrogen-bond acceptors (Lipinski definition) is 3. The van der Waals surface area contributed by atoms with Crippen LogP contribution in [0.15, 0.2) is 29.3 Å². The molecule has 0 spiro atoms. The molecular formula is C17H26N2O2Si. The smallest absolute Gasteiger partial charge is 0.258 e. The van der Waals surface area contributed by atoms with E-state index >= 15 is 0 Å². The second kappa shape index (κ2) is 6.24. The van der Waals surface area contributed by atoms with E-state index in [1.165, 1.54) is 6.33 Å². The monoisotopic (exact) mass is 318 g/mol. The predicted molar refractivity (Wildman–Crippen MR) is 94.0 cm³/mol. The number of fused-ring (bicyclic) bond motifs is 1. The van der Waals surface area contributed by atoms with Crippen molar-refractivity contribution in [3.63, 3.8) is 0 Å². The van der Waals surface area contributed by atoms with E-state index < -0.39 is 8.32 Å². The molecule has 0 bridgehead atoms. The molecule has 0 aliphatic rings. The van der Waals surface area contributed by atoms with Crippen LogP contribution in [0.5, 0.6) is 5.75 Å². The highest BCUT2D eigenvalue weighted by molar-refractivity contribution is 6.78. The van der Waals surface area contributed by atoms with E-state index in [4.69, 9.17) is 4.43 Å². The van der Waals surface area contributed by atoms with Gasteiger partial charge in [-0.2, -0.15) is 0 Å². The van der Waals surface area contributed by atoms with Crippen molar-refractivity contribution in [1.29, 1.82) is 0 Å². The Labute approximate surface area is 133 Å². The number of benzene rings is 1. The standard InChI is InChI=1S/C17H26N2O2Si/c1-11(2)22(12(3)4,13(5)6)21-14-7-8-16-15(9-14)17(20)19-10-18-16/h7-13H,1-6H3,(H,18,19,20). The Hall–Kier alpha value is -1.62. The first-order valence-corrected chi connectivity index (χ1v) is 10.1. The van der Waals surface area contributed by atoms with Gasteiger partial charge in [0.1, 0.15) is 5.75 Å². The van der Waals surface area contributed by atoms with Gasteiger partial charge in [0.15, 0.2) is 0 Å². The Balaban J connectivity index is 2.51. The van der Waals surface area contributed by atoms with E-state index in [0.717, 1.165) is 5.75 Å². The average molecular weight is 318 g/mol. The normalized spacial score (nSPS) is 12.6. The number of rotatable bonds is 5. The van der Waals surface area contributed by atoms with E-state index in [9.17, 15) is 4.79 Å². The van der Waals surface area contributed by atoms with Gasteiger partial charge in [-0.3, -0.25) is 4.79 Å². The highest BCUT2D eigenvalue weighted by atomic mass is 28.4. The van der Waals surface area contributed by atoms with Gasteiger partial charge in [-0.25, -0.2) is 4.98 Å². The first kappa shape index (κ1) is 16.7. The largest absolute Gasteiger partial charge is 0.543 e. The fourth-order valence-electron chi connectivity index (χ4n) is 3.67. The number of nitrogens with one attached hydrogen (secondary N) is 1. The Morgan fingerprint density at radius 1 is 1.05 bits per heavy atom. The van der Waals surface area contributed by atoms with Crippen molar-refractivity contribution in [2.24, 2.45) is 0 Å². The molecule has 1 aromatic heterocycles. The Kier molecular flexibility index (Phi) is 4.75. The second-order valence-corrected chi connectivity index (χ2v) is 12.2. The fourth-order valence-corrected chi connectivity index (χ4v) is 8.91. The molecule has 0 fully saturated rings. The highest BCUT2D eigenvalue weighted by Crippen LogP contribution is 2.42. The zero-order valence-electron chi connectivity index (χ0n) is 14.3. The lowest BCUT2D eigenvalue weighted by molar-refractivity contribution is 0.480. The third-order valence-corrected chi connectivity index (χ3v) is 10.6. The van der Waals surface area contributed by atoms with Crippen molar-refractivity contribution in [2.45, 2.75) is 58.2 Å². The first-order chi connectivity index (χ1) is 10.3. The van der Waals surface area contributed by atoms with Crippen molar-refractivity contribution in [2.75, 3.05) is 0 Å². The van der Waals surface area contributed by atoms with Crippen molar-refractivity contribution < 1.29 is 4.43 Å². The lowest BCUT2D eigenvalue weighted by atomic mass is 10.2. The van der Waals surface area contributed by atoms with E-state index in [0.29, 0.717) is 27.5 Å². The molecule has 2 rings (SSSR count). The minimum atomic E-state index is -2.01. The lowest BCUT2D eigenvalue weighted by Gasteiger charge is -2.42. The molecule has 0 aliphatic heterocycles. The van der Waals surface area contributed by atoms with Crippen LogP contribution in [0.4, 0.5) is 0 Å². The number of aromatic nitrogens is 2. The molecule has 0 aliphatic carbocycles. The summed E-state index contributed by atoms with van der Waals surface area (Å²) in [6, 6.07) is 5.62. The Morgan fingerprint density at radius 3 is 2.18 bits per heavy atom. The topological polar surface area (TPSA) is 55.0 Å². The fraction of sp³-hybridized carbons (Fsp3) is 0.529. The molecule has 0 amide bonds. The summed E-state index contributed by atoms with van der Waals surface area (Å²) >= 11 is 0.